The molecular weight excluding hydrogens is 238 g/mol. The van der Waals surface area contributed by atoms with E-state index < -0.39 is 0 Å². The molecule has 0 radical (unpaired) electrons. The maximum Gasteiger partial charge on any atom is 0.148 e. The maximum absolute atomic E-state index is 5.56. The molecule has 1 aromatic rings. The number of aromatic nitrogens is 2. The lowest BCUT2D eigenvalue weighted by Crippen LogP contribution is -2.30. The van der Waals surface area contributed by atoms with Crippen LogP contribution in [0.2, 0.25) is 0 Å². The molecule has 3 N–H and O–H groups in total. The van der Waals surface area contributed by atoms with Gasteiger partial charge >= 0.3 is 0 Å². The van der Waals surface area contributed by atoms with Gasteiger partial charge in [0.05, 0.1) is 0 Å². The van der Waals surface area contributed by atoms with Crippen molar-refractivity contribution in [2.75, 3.05) is 23.4 Å². The third-order valence-electron chi connectivity index (χ3n) is 3.47. The molecule has 108 valence electrons. The van der Waals surface area contributed by atoms with E-state index in [1.807, 2.05) is 0 Å². The highest BCUT2D eigenvalue weighted by molar-refractivity contribution is 5.58. The van der Waals surface area contributed by atoms with Gasteiger partial charge in [0.25, 0.3) is 0 Å². The topological polar surface area (TPSA) is 67.1 Å². The molecule has 0 bridgehead atoms. The number of hydrogen-bond acceptors (Lipinski definition) is 5. The molecule has 5 nitrogen and oxygen atoms in total. The predicted octanol–water partition coefficient (Wildman–Crippen LogP) is 2.59. The molecule has 0 aliphatic rings. The van der Waals surface area contributed by atoms with Crippen LogP contribution in [-0.4, -0.2) is 23.1 Å². The summed E-state index contributed by atoms with van der Waals surface area (Å²) in [6.45, 7) is 10.8. The van der Waals surface area contributed by atoms with Crippen molar-refractivity contribution in [2.45, 2.75) is 47.0 Å². The van der Waals surface area contributed by atoms with Crippen molar-refractivity contribution >= 4 is 11.6 Å². The second-order valence-electron chi connectivity index (χ2n) is 4.97. The largest absolute Gasteiger partial charge is 0.356 e. The van der Waals surface area contributed by atoms with E-state index >= 15 is 0 Å². The molecule has 0 saturated heterocycles. The van der Waals surface area contributed by atoms with Gasteiger partial charge in [-0.15, -0.1) is 0 Å². The van der Waals surface area contributed by atoms with Crippen LogP contribution in [0, 0.1) is 5.92 Å². The fourth-order valence-corrected chi connectivity index (χ4v) is 2.15. The molecule has 1 aromatic heterocycles. The summed E-state index contributed by atoms with van der Waals surface area (Å²) in [7, 11) is 0. The Morgan fingerprint density at radius 2 is 2.05 bits per heavy atom. The van der Waals surface area contributed by atoms with Crippen LogP contribution in [0.4, 0.5) is 11.6 Å². The van der Waals surface area contributed by atoms with Crippen molar-refractivity contribution in [1.29, 1.82) is 0 Å². The van der Waals surface area contributed by atoms with Crippen molar-refractivity contribution in [2.24, 2.45) is 11.8 Å². The van der Waals surface area contributed by atoms with Crippen LogP contribution in [0.15, 0.2) is 6.33 Å². The Morgan fingerprint density at radius 3 is 2.58 bits per heavy atom. The molecule has 0 aromatic carbocycles. The van der Waals surface area contributed by atoms with E-state index in [4.69, 9.17) is 5.84 Å². The molecule has 0 aliphatic carbocycles. The van der Waals surface area contributed by atoms with Crippen molar-refractivity contribution in [1.82, 2.24) is 9.97 Å². The number of hydrogen-bond donors (Lipinski definition) is 2. The van der Waals surface area contributed by atoms with Crippen molar-refractivity contribution in [3.63, 3.8) is 0 Å². The Labute approximate surface area is 116 Å². The molecule has 1 heterocycles. The number of nitrogens with two attached hydrogens (primary N) is 1. The first kappa shape index (κ1) is 15.7. The normalized spacial score (nSPS) is 12.3. The molecule has 1 unspecified atom stereocenters. The molecule has 0 saturated carbocycles. The number of hydrazine groups is 1. The van der Waals surface area contributed by atoms with E-state index in [1.54, 1.807) is 6.33 Å². The van der Waals surface area contributed by atoms with E-state index in [1.165, 1.54) is 6.42 Å². The number of rotatable bonds is 8. The molecule has 5 heteroatoms. The summed E-state index contributed by atoms with van der Waals surface area (Å²) in [5, 5.41) is 0. The highest BCUT2D eigenvalue weighted by Crippen LogP contribution is 2.25. The Kier molecular flexibility index (Phi) is 6.56. The summed E-state index contributed by atoms with van der Waals surface area (Å²) in [6.07, 6.45) is 4.75. The molecule has 0 aliphatic heterocycles. The van der Waals surface area contributed by atoms with Crippen LogP contribution in [0.3, 0.4) is 0 Å². The fourth-order valence-electron chi connectivity index (χ4n) is 2.15. The van der Waals surface area contributed by atoms with Crippen LogP contribution in [0.5, 0.6) is 0 Å². The van der Waals surface area contributed by atoms with Crippen molar-refractivity contribution < 1.29 is 0 Å². The standard InChI is InChI=1S/C14H27N5/c1-5-8-12-13(18-15)16-10-17-14(12)19(7-3)9-11(4)6-2/h10-11H,5-9,15H2,1-4H3,(H,16,17,18). The highest BCUT2D eigenvalue weighted by atomic mass is 15.3. The third-order valence-corrected chi connectivity index (χ3v) is 3.47. The first-order chi connectivity index (χ1) is 9.17. The van der Waals surface area contributed by atoms with Gasteiger partial charge in [0.15, 0.2) is 0 Å². The molecule has 1 atom stereocenters. The second kappa shape index (κ2) is 7.94. The van der Waals surface area contributed by atoms with E-state index in [-0.39, 0.29) is 0 Å². The quantitative estimate of drug-likeness (QED) is 0.558. The number of anilines is 2. The fraction of sp³-hybridized carbons (Fsp3) is 0.714. The minimum Gasteiger partial charge on any atom is -0.356 e. The van der Waals surface area contributed by atoms with Crippen LogP contribution >= 0.6 is 0 Å². The van der Waals surface area contributed by atoms with Crippen molar-refractivity contribution in [3.8, 4) is 0 Å². The summed E-state index contributed by atoms with van der Waals surface area (Å²) >= 11 is 0. The Balaban J connectivity index is 3.07. The molecular formula is C14H27N5. The first-order valence-electron chi connectivity index (χ1n) is 7.23. The Hall–Kier alpha value is -1.36. The number of nitrogen functional groups attached to an aromatic ring is 1. The van der Waals surface area contributed by atoms with Gasteiger partial charge in [0.2, 0.25) is 0 Å². The van der Waals surface area contributed by atoms with Crippen LogP contribution in [-0.2, 0) is 6.42 Å². The van der Waals surface area contributed by atoms with E-state index in [0.29, 0.717) is 5.92 Å². The average molecular weight is 265 g/mol. The van der Waals surface area contributed by atoms with Gasteiger partial charge in [-0.05, 0) is 19.3 Å². The Bertz CT molecular complexity index is 380. The predicted molar refractivity (Wildman–Crippen MR) is 81.2 cm³/mol. The summed E-state index contributed by atoms with van der Waals surface area (Å²) < 4.78 is 0. The zero-order chi connectivity index (χ0) is 14.3. The monoisotopic (exact) mass is 265 g/mol. The molecule has 0 fully saturated rings. The SMILES string of the molecule is CCCc1c(NN)ncnc1N(CC)CC(C)CC. The van der Waals surface area contributed by atoms with Gasteiger partial charge in [-0.2, -0.15) is 0 Å². The summed E-state index contributed by atoms with van der Waals surface area (Å²) in [5.41, 5.74) is 3.81. The van der Waals surface area contributed by atoms with E-state index in [2.05, 4.69) is 48.0 Å². The maximum atomic E-state index is 5.56. The van der Waals surface area contributed by atoms with Crippen molar-refractivity contribution in [3.05, 3.63) is 11.9 Å². The van der Waals surface area contributed by atoms with Gasteiger partial charge in [-0.1, -0.05) is 33.6 Å². The first-order valence-corrected chi connectivity index (χ1v) is 7.23. The second-order valence-corrected chi connectivity index (χ2v) is 4.97. The smallest absolute Gasteiger partial charge is 0.148 e. The minimum atomic E-state index is 0.652. The van der Waals surface area contributed by atoms with Crippen LogP contribution in [0.25, 0.3) is 0 Å². The minimum absolute atomic E-state index is 0.652. The summed E-state index contributed by atoms with van der Waals surface area (Å²) in [6, 6.07) is 0. The zero-order valence-corrected chi connectivity index (χ0v) is 12.6. The van der Waals surface area contributed by atoms with Gasteiger partial charge in [0, 0.05) is 18.7 Å². The van der Waals surface area contributed by atoms with Gasteiger partial charge in [0.1, 0.15) is 18.0 Å². The number of nitrogens with zero attached hydrogens (tertiary/aromatic N) is 3. The average Bonchev–Trinajstić information content (AvgIpc) is 2.45. The molecule has 1 rings (SSSR count). The van der Waals surface area contributed by atoms with E-state index in [9.17, 15) is 0 Å². The third kappa shape index (κ3) is 4.06. The lowest BCUT2D eigenvalue weighted by Gasteiger charge is -2.27. The molecule has 0 spiro atoms. The van der Waals surface area contributed by atoms with Crippen LogP contribution < -0.4 is 16.2 Å². The van der Waals surface area contributed by atoms with Gasteiger partial charge in [-0.25, -0.2) is 15.8 Å². The summed E-state index contributed by atoms with van der Waals surface area (Å²) in [5.74, 6) is 7.98. The van der Waals surface area contributed by atoms with Crippen LogP contribution in [0.1, 0.15) is 46.1 Å². The molecule has 0 amide bonds. The van der Waals surface area contributed by atoms with Gasteiger partial charge < -0.3 is 10.3 Å². The lowest BCUT2D eigenvalue weighted by molar-refractivity contribution is 0.544. The van der Waals surface area contributed by atoms with E-state index in [0.717, 1.165) is 43.1 Å². The lowest BCUT2D eigenvalue weighted by atomic mass is 10.1. The molecule has 19 heavy (non-hydrogen) atoms. The Morgan fingerprint density at radius 1 is 1.32 bits per heavy atom. The highest BCUT2D eigenvalue weighted by Gasteiger charge is 2.16. The number of nitrogens with one attached hydrogen (secondary N) is 1. The summed E-state index contributed by atoms with van der Waals surface area (Å²) in [4.78, 5) is 11.0. The zero-order valence-electron chi connectivity index (χ0n) is 12.6. The van der Waals surface area contributed by atoms with Gasteiger partial charge in [-0.3, -0.25) is 0 Å².